The second kappa shape index (κ2) is 24.4. The third kappa shape index (κ3) is 15.2. The van der Waals surface area contributed by atoms with E-state index in [1.54, 1.807) is 21.1 Å². The zero-order valence-corrected chi connectivity index (χ0v) is 34.4. The summed E-state index contributed by atoms with van der Waals surface area (Å²) in [6.45, 7) is 7.97. The van der Waals surface area contributed by atoms with Crippen molar-refractivity contribution in [2.45, 2.75) is 135 Å². The predicted octanol–water partition coefficient (Wildman–Crippen LogP) is 8.97. The maximum atomic E-state index is 12.7. The largest absolute Gasteiger partial charge is 0.493 e. The molecule has 1 fully saturated rings. The van der Waals surface area contributed by atoms with Gasteiger partial charge in [0.2, 0.25) is 0 Å². The van der Waals surface area contributed by atoms with Gasteiger partial charge in [-0.2, -0.15) is 5.26 Å². The number of nitriles is 1. The molecule has 2 aromatic rings. The molecule has 12 nitrogen and oxygen atoms in total. The Morgan fingerprint density at radius 3 is 2.22 bits per heavy atom. The molecule has 306 valence electrons. The van der Waals surface area contributed by atoms with Crippen molar-refractivity contribution in [2.75, 3.05) is 47.5 Å². The van der Waals surface area contributed by atoms with Crippen LogP contribution < -0.4 is 19.6 Å². The van der Waals surface area contributed by atoms with Crippen LogP contribution in [0.2, 0.25) is 0 Å². The summed E-state index contributed by atoms with van der Waals surface area (Å²) in [5, 5.41) is 22.5. The molecule has 3 atom stereocenters. The fourth-order valence-corrected chi connectivity index (χ4v) is 7.64. The van der Waals surface area contributed by atoms with Gasteiger partial charge in [0.05, 0.1) is 25.7 Å². The lowest BCUT2D eigenvalue weighted by atomic mass is 9.74. The Balaban J connectivity index is 1.53. The first-order valence-electron chi connectivity index (χ1n) is 20.5. The van der Waals surface area contributed by atoms with Gasteiger partial charge in [-0.05, 0) is 101 Å². The fourth-order valence-electron chi connectivity index (χ4n) is 7.64. The molecule has 3 unspecified atom stereocenters. The summed E-state index contributed by atoms with van der Waals surface area (Å²) in [5.74, 6) is 1.73. The highest BCUT2D eigenvalue weighted by Gasteiger charge is 2.33. The molecule has 0 bridgehead atoms. The number of unbranched alkanes of at least 4 members (excludes halogenated alkanes) is 9. The highest BCUT2D eigenvalue weighted by Crippen LogP contribution is 2.39. The van der Waals surface area contributed by atoms with Crippen molar-refractivity contribution >= 4 is 5.91 Å². The van der Waals surface area contributed by atoms with Gasteiger partial charge in [-0.25, -0.2) is 5.01 Å². The maximum Gasteiger partial charge on any atom is 0.294 e. The zero-order valence-electron chi connectivity index (χ0n) is 34.4. The Hall–Kier alpha value is -4.08. The van der Waals surface area contributed by atoms with Crippen LogP contribution in [0.4, 0.5) is 0 Å². The van der Waals surface area contributed by atoms with Crippen LogP contribution in [0.5, 0.6) is 17.2 Å². The molecule has 0 saturated carbocycles. The van der Waals surface area contributed by atoms with E-state index in [0.29, 0.717) is 43.2 Å². The van der Waals surface area contributed by atoms with Crippen molar-refractivity contribution in [1.29, 1.82) is 5.26 Å². The summed E-state index contributed by atoms with van der Waals surface area (Å²) in [6, 6.07) is 16.6. The smallest absolute Gasteiger partial charge is 0.294 e. The summed E-state index contributed by atoms with van der Waals surface area (Å²) in [7, 11) is 5.37. The van der Waals surface area contributed by atoms with Gasteiger partial charge >= 0.3 is 0 Å². The SMILES string of the molecule is CCCCCCCCCCCCC(C#N)(CCCN(C)C(C)c1cccc(OCC(=O)NN2CCC(C(C)O[N+](=O)[O-])CC2)c1)c1ccc(OC)c(OC)c1. The van der Waals surface area contributed by atoms with Crippen molar-refractivity contribution in [1.82, 2.24) is 15.3 Å². The summed E-state index contributed by atoms with van der Waals surface area (Å²) in [4.78, 5) is 30.4. The van der Waals surface area contributed by atoms with E-state index in [-0.39, 0.29) is 24.5 Å². The van der Waals surface area contributed by atoms with Crippen LogP contribution in [0.3, 0.4) is 0 Å². The van der Waals surface area contributed by atoms with Gasteiger partial charge in [0.15, 0.2) is 18.1 Å². The van der Waals surface area contributed by atoms with E-state index in [1.165, 1.54) is 51.4 Å². The molecule has 0 radical (unpaired) electrons. The molecule has 3 rings (SSSR count). The lowest BCUT2D eigenvalue weighted by Crippen LogP contribution is -2.49. The molecule has 0 spiro atoms. The standard InChI is InChI=1S/C43H67N5O7/c1-7-8-9-10-11-12-13-14-15-16-25-43(33-44,38-21-22-40(52-5)41(31-38)53-6)26-18-27-46(4)34(2)37-19-17-20-39(30-37)54-32-42(49)45-47-28-23-36(24-29-47)35(3)55-48(50)51/h17,19-22,30-31,34-36H,7-16,18,23-29,32H2,1-6H3,(H,45,49). The molecule has 1 N–H and O–H groups in total. The third-order valence-corrected chi connectivity index (χ3v) is 11.3. The number of methoxy groups -OCH3 is 2. The lowest BCUT2D eigenvalue weighted by molar-refractivity contribution is -0.769. The lowest BCUT2D eigenvalue weighted by Gasteiger charge is -2.33. The number of hydrogen-bond donors (Lipinski definition) is 1. The topological polar surface area (TPSA) is 139 Å². The Bertz CT molecular complexity index is 1480. The average Bonchev–Trinajstić information content (AvgIpc) is 3.19. The summed E-state index contributed by atoms with van der Waals surface area (Å²) >= 11 is 0. The van der Waals surface area contributed by atoms with E-state index in [1.807, 2.05) is 41.4 Å². The average molecular weight is 766 g/mol. The molecular weight excluding hydrogens is 699 g/mol. The van der Waals surface area contributed by atoms with E-state index >= 15 is 0 Å². The molecule has 1 aliphatic rings. The quantitative estimate of drug-likeness (QED) is 0.0533. The van der Waals surface area contributed by atoms with Crippen LogP contribution in [-0.4, -0.2) is 74.5 Å². The first kappa shape index (κ1) is 45.3. The zero-order chi connectivity index (χ0) is 40.1. The minimum atomic E-state index is -0.743. The minimum absolute atomic E-state index is 0.0681. The molecule has 12 heteroatoms. The predicted molar refractivity (Wildman–Crippen MR) is 215 cm³/mol. The molecule has 55 heavy (non-hydrogen) atoms. The Kier molecular flexibility index (Phi) is 20.1. The van der Waals surface area contributed by atoms with Gasteiger partial charge < -0.3 is 19.0 Å². The number of rotatable bonds is 27. The Morgan fingerprint density at radius 2 is 1.60 bits per heavy atom. The molecule has 0 aromatic heterocycles. The highest BCUT2D eigenvalue weighted by molar-refractivity contribution is 5.77. The second-order valence-electron chi connectivity index (χ2n) is 15.2. The summed E-state index contributed by atoms with van der Waals surface area (Å²) in [5.41, 5.74) is 4.32. The van der Waals surface area contributed by atoms with Gasteiger partial charge in [-0.1, -0.05) is 89.3 Å². The van der Waals surface area contributed by atoms with E-state index in [4.69, 9.17) is 19.0 Å². The highest BCUT2D eigenvalue weighted by atomic mass is 17.0. The van der Waals surface area contributed by atoms with E-state index < -0.39 is 16.6 Å². The van der Waals surface area contributed by atoms with Crippen molar-refractivity contribution < 1.29 is 28.9 Å². The molecule has 1 saturated heterocycles. The van der Waals surface area contributed by atoms with Crippen LogP contribution in [0.1, 0.15) is 134 Å². The van der Waals surface area contributed by atoms with Crippen LogP contribution in [0.25, 0.3) is 0 Å². The third-order valence-electron chi connectivity index (χ3n) is 11.3. The fraction of sp³-hybridized carbons (Fsp3) is 0.674. The number of hydrazine groups is 1. The number of ether oxygens (including phenoxy) is 3. The van der Waals surface area contributed by atoms with Crippen LogP contribution >= 0.6 is 0 Å². The molecule has 0 aliphatic carbocycles. The Morgan fingerprint density at radius 1 is 0.964 bits per heavy atom. The number of carbonyl (C=O) groups excluding carboxylic acids is 1. The molecule has 1 heterocycles. The van der Waals surface area contributed by atoms with Crippen LogP contribution in [0, 0.1) is 27.4 Å². The Labute approximate surface area is 329 Å². The number of hydrogen-bond acceptors (Lipinski definition) is 10. The van der Waals surface area contributed by atoms with Crippen molar-refractivity contribution in [3.05, 3.63) is 63.7 Å². The first-order valence-corrected chi connectivity index (χ1v) is 20.5. The van der Waals surface area contributed by atoms with Gasteiger partial charge in [0.25, 0.3) is 11.0 Å². The summed E-state index contributed by atoms with van der Waals surface area (Å²) in [6.07, 6.45) is 15.8. The van der Waals surface area contributed by atoms with Crippen LogP contribution in [-0.2, 0) is 15.0 Å². The number of amides is 1. The number of benzene rings is 2. The molecule has 1 amide bonds. The second-order valence-corrected chi connectivity index (χ2v) is 15.2. The number of nitrogens with one attached hydrogen (secondary N) is 1. The summed E-state index contributed by atoms with van der Waals surface area (Å²) < 4.78 is 17.0. The van der Waals surface area contributed by atoms with Gasteiger partial charge in [-0.15, -0.1) is 10.1 Å². The minimum Gasteiger partial charge on any atom is -0.493 e. The van der Waals surface area contributed by atoms with Crippen molar-refractivity contribution in [2.24, 2.45) is 5.92 Å². The van der Waals surface area contributed by atoms with Crippen molar-refractivity contribution in [3.8, 4) is 23.3 Å². The maximum absolute atomic E-state index is 12.7. The van der Waals surface area contributed by atoms with E-state index in [9.17, 15) is 20.2 Å². The van der Waals surface area contributed by atoms with Crippen molar-refractivity contribution in [3.63, 3.8) is 0 Å². The molecular formula is C43H67N5O7. The number of nitrogens with zero attached hydrogens (tertiary/aromatic N) is 4. The number of piperidine rings is 1. The molecule has 2 aromatic carbocycles. The first-order chi connectivity index (χ1) is 26.5. The monoisotopic (exact) mass is 766 g/mol. The van der Waals surface area contributed by atoms with Gasteiger partial charge in [0, 0.05) is 19.1 Å². The van der Waals surface area contributed by atoms with E-state index in [0.717, 1.165) is 49.8 Å². The van der Waals surface area contributed by atoms with Crippen LogP contribution in [0.15, 0.2) is 42.5 Å². The number of carbonyl (C=O) groups is 1. The van der Waals surface area contributed by atoms with Gasteiger partial charge in [0.1, 0.15) is 11.9 Å². The molecule has 1 aliphatic heterocycles. The normalized spacial score (nSPS) is 15.7. The van der Waals surface area contributed by atoms with Gasteiger partial charge in [-0.3, -0.25) is 15.1 Å². The van der Waals surface area contributed by atoms with E-state index in [2.05, 4.69) is 43.4 Å².